The fraction of sp³-hybridized carbons (Fsp3) is 0.250. The van der Waals surface area contributed by atoms with Gasteiger partial charge in [0.25, 0.3) is 0 Å². The van der Waals surface area contributed by atoms with Gasteiger partial charge in [0.1, 0.15) is 11.5 Å². The number of nitrogens with two attached hydrogens (primary N) is 1. The Morgan fingerprint density at radius 1 is 0.857 bits per heavy atom. The van der Waals surface area contributed by atoms with E-state index in [1.165, 1.54) is 39.2 Å². The molecule has 0 radical (unpaired) electrons. The molecule has 0 aliphatic carbocycles. The molecule has 28 heavy (non-hydrogen) atoms. The van der Waals surface area contributed by atoms with Crippen LogP contribution in [-0.4, -0.2) is 38.2 Å². The zero-order valence-corrected chi connectivity index (χ0v) is 16.4. The van der Waals surface area contributed by atoms with Crippen LogP contribution in [0.2, 0.25) is 0 Å². The number of halogens is 1. The third-order valence-corrected chi connectivity index (χ3v) is 4.47. The molecule has 0 aliphatic rings. The maximum Gasteiger partial charge on any atom is 0.203 e. The molecular formula is C20H22FN3O4. The molecule has 2 aromatic carbocycles. The second-order valence-electron chi connectivity index (χ2n) is 6.00. The van der Waals surface area contributed by atoms with Gasteiger partial charge in [-0.25, -0.2) is 4.39 Å². The van der Waals surface area contributed by atoms with Gasteiger partial charge in [0.2, 0.25) is 5.75 Å². The number of anilines is 1. The van der Waals surface area contributed by atoms with Crippen LogP contribution in [0, 0.1) is 5.82 Å². The molecule has 0 saturated carbocycles. The van der Waals surface area contributed by atoms with Gasteiger partial charge in [0.15, 0.2) is 23.1 Å². The molecule has 2 N–H and O–H groups in total. The summed E-state index contributed by atoms with van der Waals surface area (Å²) < 4.78 is 37.1. The maximum atomic E-state index is 14.3. The van der Waals surface area contributed by atoms with Gasteiger partial charge in [-0.2, -0.15) is 5.10 Å². The smallest absolute Gasteiger partial charge is 0.203 e. The first-order valence-electron chi connectivity index (χ1n) is 8.41. The summed E-state index contributed by atoms with van der Waals surface area (Å²) in [4.78, 5) is 0. The summed E-state index contributed by atoms with van der Waals surface area (Å²) in [5.41, 5.74) is 8.67. The lowest BCUT2D eigenvalue weighted by molar-refractivity contribution is 0.324. The van der Waals surface area contributed by atoms with E-state index < -0.39 is 5.82 Å². The normalized spacial score (nSPS) is 10.6. The SMILES string of the molecule is COc1ccc(-c2c(-c3cc(OC)c(OC)c(OC)c3)nn(C)c2N)cc1F. The molecule has 3 aromatic rings. The van der Waals surface area contributed by atoms with Gasteiger partial charge in [0.05, 0.1) is 34.0 Å². The van der Waals surface area contributed by atoms with Crippen molar-refractivity contribution in [3.05, 3.63) is 36.1 Å². The molecule has 1 aromatic heterocycles. The molecule has 0 saturated heterocycles. The van der Waals surface area contributed by atoms with Crippen LogP contribution in [0.1, 0.15) is 0 Å². The summed E-state index contributed by atoms with van der Waals surface area (Å²) >= 11 is 0. The number of aryl methyl sites for hydroxylation is 1. The number of hydrogen-bond acceptors (Lipinski definition) is 6. The number of nitrogen functional groups attached to an aromatic ring is 1. The summed E-state index contributed by atoms with van der Waals surface area (Å²) in [5.74, 6) is 1.49. The van der Waals surface area contributed by atoms with E-state index in [0.29, 0.717) is 45.5 Å². The number of benzene rings is 2. The fourth-order valence-corrected chi connectivity index (χ4v) is 3.06. The average Bonchev–Trinajstić information content (AvgIpc) is 3.01. The lowest BCUT2D eigenvalue weighted by Crippen LogP contribution is -1.98. The van der Waals surface area contributed by atoms with E-state index in [0.717, 1.165) is 0 Å². The van der Waals surface area contributed by atoms with Crippen LogP contribution in [-0.2, 0) is 7.05 Å². The second kappa shape index (κ2) is 7.67. The lowest BCUT2D eigenvalue weighted by Gasteiger charge is -2.14. The Bertz CT molecular complexity index is 992. The molecule has 0 aliphatic heterocycles. The van der Waals surface area contributed by atoms with E-state index in [4.69, 9.17) is 24.7 Å². The Morgan fingerprint density at radius 2 is 1.46 bits per heavy atom. The molecule has 7 nitrogen and oxygen atoms in total. The molecule has 0 unspecified atom stereocenters. The zero-order valence-electron chi connectivity index (χ0n) is 16.4. The largest absolute Gasteiger partial charge is 0.494 e. The number of nitrogens with zero attached hydrogens (tertiary/aromatic N) is 2. The van der Waals surface area contributed by atoms with E-state index in [1.807, 2.05) is 0 Å². The third-order valence-electron chi connectivity index (χ3n) is 4.47. The van der Waals surface area contributed by atoms with Crippen LogP contribution in [0.25, 0.3) is 22.4 Å². The van der Waals surface area contributed by atoms with Gasteiger partial charge in [-0.3, -0.25) is 4.68 Å². The molecule has 0 fully saturated rings. The van der Waals surface area contributed by atoms with Crippen LogP contribution in [0.4, 0.5) is 10.2 Å². The number of aromatic nitrogens is 2. The van der Waals surface area contributed by atoms with E-state index >= 15 is 0 Å². The van der Waals surface area contributed by atoms with Crippen molar-refractivity contribution in [1.29, 1.82) is 0 Å². The maximum absolute atomic E-state index is 14.3. The Kier molecular flexibility index (Phi) is 5.30. The van der Waals surface area contributed by atoms with E-state index in [2.05, 4.69) is 5.10 Å². The van der Waals surface area contributed by atoms with Crippen LogP contribution in [0.5, 0.6) is 23.0 Å². The first-order valence-corrected chi connectivity index (χ1v) is 8.41. The number of ether oxygens (including phenoxy) is 4. The van der Waals surface area contributed by atoms with Crippen LogP contribution in [0.3, 0.4) is 0 Å². The van der Waals surface area contributed by atoms with Crippen molar-refractivity contribution >= 4 is 5.82 Å². The highest BCUT2D eigenvalue weighted by atomic mass is 19.1. The zero-order chi connectivity index (χ0) is 20.4. The summed E-state index contributed by atoms with van der Waals surface area (Å²) in [7, 11) is 7.74. The van der Waals surface area contributed by atoms with Gasteiger partial charge >= 0.3 is 0 Å². The van der Waals surface area contributed by atoms with Crippen molar-refractivity contribution in [2.24, 2.45) is 7.05 Å². The molecule has 0 amide bonds. The van der Waals surface area contributed by atoms with E-state index in [-0.39, 0.29) is 5.75 Å². The third kappa shape index (κ3) is 3.17. The van der Waals surface area contributed by atoms with Gasteiger partial charge < -0.3 is 24.7 Å². The van der Waals surface area contributed by atoms with Gasteiger partial charge in [0, 0.05) is 12.6 Å². The summed E-state index contributed by atoms with van der Waals surface area (Å²) in [6.45, 7) is 0. The Morgan fingerprint density at radius 3 is 1.96 bits per heavy atom. The van der Waals surface area contributed by atoms with Crippen molar-refractivity contribution in [2.75, 3.05) is 34.2 Å². The van der Waals surface area contributed by atoms with Crippen molar-refractivity contribution in [3.63, 3.8) is 0 Å². The highest BCUT2D eigenvalue weighted by Crippen LogP contribution is 2.44. The van der Waals surface area contributed by atoms with Crippen LogP contribution in [0.15, 0.2) is 30.3 Å². The fourth-order valence-electron chi connectivity index (χ4n) is 3.06. The van der Waals surface area contributed by atoms with E-state index in [1.54, 1.807) is 31.3 Å². The molecule has 148 valence electrons. The van der Waals surface area contributed by atoms with Crippen molar-refractivity contribution in [2.45, 2.75) is 0 Å². The molecule has 8 heteroatoms. The Balaban J connectivity index is 2.25. The minimum absolute atomic E-state index is 0.153. The van der Waals surface area contributed by atoms with Gasteiger partial charge in [-0.1, -0.05) is 6.07 Å². The van der Waals surface area contributed by atoms with Crippen LogP contribution >= 0.6 is 0 Å². The summed E-state index contributed by atoms with van der Waals surface area (Å²) in [6, 6.07) is 8.19. The molecule has 1 heterocycles. The molecule has 0 spiro atoms. The van der Waals surface area contributed by atoms with Crippen LogP contribution < -0.4 is 24.7 Å². The quantitative estimate of drug-likeness (QED) is 0.697. The lowest BCUT2D eigenvalue weighted by atomic mass is 10.00. The van der Waals surface area contributed by atoms with Crippen molar-refractivity contribution in [3.8, 4) is 45.4 Å². The first kappa shape index (κ1) is 19.3. The molecular weight excluding hydrogens is 365 g/mol. The Labute approximate surface area is 162 Å². The Hall–Kier alpha value is -3.42. The number of rotatable bonds is 6. The highest BCUT2D eigenvalue weighted by molar-refractivity contribution is 5.89. The van der Waals surface area contributed by atoms with Gasteiger partial charge in [-0.05, 0) is 29.8 Å². The standard InChI is InChI=1S/C20H22FN3O4/c1-24-20(22)17(11-6-7-14(25-2)13(21)8-11)18(23-24)12-9-15(26-3)19(28-5)16(10-12)27-4/h6-10H,22H2,1-5H3. The monoisotopic (exact) mass is 387 g/mol. The minimum atomic E-state index is -0.487. The summed E-state index contributed by atoms with van der Waals surface area (Å²) in [6.07, 6.45) is 0. The molecule has 0 atom stereocenters. The number of methoxy groups -OCH3 is 4. The van der Waals surface area contributed by atoms with Crippen molar-refractivity contribution in [1.82, 2.24) is 9.78 Å². The number of hydrogen-bond donors (Lipinski definition) is 1. The first-order chi connectivity index (χ1) is 13.4. The van der Waals surface area contributed by atoms with E-state index in [9.17, 15) is 4.39 Å². The highest BCUT2D eigenvalue weighted by Gasteiger charge is 2.22. The molecule has 0 bridgehead atoms. The second-order valence-corrected chi connectivity index (χ2v) is 6.00. The predicted octanol–water partition coefficient (Wildman–Crippen LogP) is 3.51. The summed E-state index contributed by atoms with van der Waals surface area (Å²) in [5, 5.41) is 4.52. The topological polar surface area (TPSA) is 80.8 Å². The van der Waals surface area contributed by atoms with Gasteiger partial charge in [-0.15, -0.1) is 0 Å². The average molecular weight is 387 g/mol. The minimum Gasteiger partial charge on any atom is -0.494 e. The molecule has 3 rings (SSSR count). The predicted molar refractivity (Wildman–Crippen MR) is 105 cm³/mol. The van der Waals surface area contributed by atoms with Crippen molar-refractivity contribution < 1.29 is 23.3 Å².